The fraction of sp³-hybridized carbons (Fsp3) is 0.688. The average molecular weight is 352 g/mol. The van der Waals surface area contributed by atoms with E-state index >= 15 is 0 Å². The van der Waals surface area contributed by atoms with Crippen LogP contribution in [0.1, 0.15) is 44.9 Å². The van der Waals surface area contributed by atoms with Gasteiger partial charge in [-0.3, -0.25) is 4.68 Å². The highest BCUT2D eigenvalue weighted by molar-refractivity contribution is 7.91. The molecule has 2 heterocycles. The molecule has 1 fully saturated rings. The molecule has 1 N–H and O–H groups in total. The van der Waals surface area contributed by atoms with Crippen LogP contribution in [0, 0.1) is 5.41 Å². The van der Waals surface area contributed by atoms with Gasteiger partial charge in [-0.25, -0.2) is 4.79 Å². The Morgan fingerprint density at radius 3 is 2.58 bits per heavy atom. The molecule has 0 radical (unpaired) electrons. The number of aromatic nitrogens is 2. The number of aryl methyl sites for hydroxylation is 1. The molecule has 24 heavy (non-hydrogen) atoms. The fourth-order valence-corrected chi connectivity index (χ4v) is 4.20. The van der Waals surface area contributed by atoms with Gasteiger partial charge >= 0.3 is 6.09 Å². The monoisotopic (exact) mass is 352 g/mol. The minimum absolute atomic E-state index is 0.224. The van der Waals surface area contributed by atoms with Crippen molar-refractivity contribution in [1.82, 2.24) is 14.7 Å². The summed E-state index contributed by atoms with van der Waals surface area (Å²) in [6.07, 6.45) is 3.11. The Morgan fingerprint density at radius 1 is 1.42 bits per heavy atom. The molecule has 1 aromatic rings. The molecule has 1 aliphatic heterocycles. The minimum atomic E-state index is -1.35. The maximum Gasteiger partial charge on any atom is 0.407 e. The summed E-state index contributed by atoms with van der Waals surface area (Å²) in [4.78, 5) is 12.7. The number of hydrogen-bond donors (Lipinski definition) is 1. The maximum absolute atomic E-state index is 12.6. The van der Waals surface area contributed by atoms with E-state index in [4.69, 9.17) is 0 Å². The fourth-order valence-electron chi connectivity index (χ4n) is 3.47. The van der Waals surface area contributed by atoms with Crippen molar-refractivity contribution in [3.63, 3.8) is 0 Å². The van der Waals surface area contributed by atoms with Crippen molar-refractivity contribution in [3.05, 3.63) is 17.5 Å². The summed E-state index contributed by atoms with van der Waals surface area (Å²) in [6.45, 7) is 6.69. The molecule has 1 amide bonds. The lowest BCUT2D eigenvalue weighted by Crippen LogP contribution is -2.46. The van der Waals surface area contributed by atoms with Crippen LogP contribution in [0.5, 0.6) is 0 Å². The lowest BCUT2D eigenvalue weighted by Gasteiger charge is -2.38. The van der Waals surface area contributed by atoms with Crippen LogP contribution in [-0.4, -0.2) is 54.0 Å². The van der Waals surface area contributed by atoms with E-state index in [1.165, 1.54) is 4.90 Å². The molecule has 1 saturated heterocycles. The lowest BCUT2D eigenvalue weighted by atomic mass is 9.75. The molecular formula is C16H24N4O3S. The first-order valence-electron chi connectivity index (χ1n) is 8.14. The molecule has 0 unspecified atom stereocenters. The van der Waals surface area contributed by atoms with Crippen molar-refractivity contribution in [2.75, 3.05) is 13.1 Å². The first-order valence-corrected chi connectivity index (χ1v) is 9.25. The van der Waals surface area contributed by atoms with E-state index in [2.05, 4.69) is 9.50 Å². The standard InChI is InChI=1S/C16H24N4O3S/c1-15(2,3)24(23)18-13-11-10-17-19(4)12(11)9-16(13)5-7-20(8-6-16)14(21)22/h10H,5-9H2,1-4H3,(H,21,22)/b18-13-/t24-/m1/s1. The van der Waals surface area contributed by atoms with Crippen LogP contribution in [-0.2, 0) is 24.8 Å². The third-order valence-electron chi connectivity index (χ3n) is 5.01. The molecule has 2 aliphatic rings. The van der Waals surface area contributed by atoms with Crippen LogP contribution >= 0.6 is 0 Å². The Morgan fingerprint density at radius 2 is 2.04 bits per heavy atom. The van der Waals surface area contributed by atoms with Gasteiger partial charge in [0.05, 0.1) is 6.20 Å². The second-order valence-electron chi connectivity index (χ2n) is 7.66. The molecular weight excluding hydrogens is 328 g/mol. The molecule has 0 saturated carbocycles. The summed E-state index contributed by atoms with van der Waals surface area (Å²) in [7, 11) is 1.91. The zero-order chi connectivity index (χ0) is 17.7. The molecule has 0 bridgehead atoms. The number of carbonyl (C=O) groups is 1. The smallest absolute Gasteiger partial charge is 0.407 e. The van der Waals surface area contributed by atoms with E-state index < -0.39 is 22.2 Å². The molecule has 7 nitrogen and oxygen atoms in total. The predicted octanol–water partition coefficient (Wildman–Crippen LogP) is 1.99. The minimum Gasteiger partial charge on any atom is -0.591 e. The number of likely N-dealkylation sites (tertiary alicyclic amines) is 1. The van der Waals surface area contributed by atoms with E-state index in [0.717, 1.165) is 23.4 Å². The topological polar surface area (TPSA) is 93.8 Å². The van der Waals surface area contributed by atoms with Gasteiger partial charge in [0.2, 0.25) is 0 Å². The summed E-state index contributed by atoms with van der Waals surface area (Å²) in [6, 6.07) is 0. The van der Waals surface area contributed by atoms with E-state index in [-0.39, 0.29) is 5.41 Å². The van der Waals surface area contributed by atoms with Crippen molar-refractivity contribution < 1.29 is 14.5 Å². The van der Waals surface area contributed by atoms with Crippen LogP contribution < -0.4 is 0 Å². The number of hydrogen-bond acceptors (Lipinski definition) is 4. The third-order valence-corrected chi connectivity index (χ3v) is 6.41. The Hall–Kier alpha value is -1.54. The van der Waals surface area contributed by atoms with Crippen molar-refractivity contribution in [2.45, 2.75) is 44.8 Å². The SMILES string of the molecule is Cn1ncc2c1CC1(CCN(C(=O)O)CC1)/C2=N\[S@+]([O-])C(C)(C)C. The number of nitrogens with zero attached hydrogens (tertiary/aromatic N) is 4. The Bertz CT molecular complexity index is 684. The number of fused-ring (bicyclic) bond motifs is 1. The number of piperidine rings is 1. The van der Waals surface area contributed by atoms with Gasteiger partial charge in [-0.1, -0.05) is 4.40 Å². The van der Waals surface area contributed by atoms with Crippen LogP contribution in [0.3, 0.4) is 0 Å². The van der Waals surface area contributed by atoms with Crippen LogP contribution in [0.4, 0.5) is 4.79 Å². The van der Waals surface area contributed by atoms with Crippen molar-refractivity contribution in [2.24, 2.45) is 16.9 Å². The largest absolute Gasteiger partial charge is 0.591 e. The normalized spacial score (nSPS) is 22.9. The Labute approximate surface area is 145 Å². The van der Waals surface area contributed by atoms with Crippen LogP contribution in [0.25, 0.3) is 0 Å². The molecule has 1 aliphatic carbocycles. The summed E-state index contributed by atoms with van der Waals surface area (Å²) < 4.78 is 18.7. The summed E-state index contributed by atoms with van der Waals surface area (Å²) >= 11 is -1.35. The van der Waals surface area contributed by atoms with Gasteiger partial charge in [-0.2, -0.15) is 5.10 Å². The summed E-state index contributed by atoms with van der Waals surface area (Å²) in [5.41, 5.74) is 2.70. The highest BCUT2D eigenvalue weighted by Crippen LogP contribution is 2.45. The first-order chi connectivity index (χ1) is 11.1. The average Bonchev–Trinajstić information content (AvgIpc) is 2.98. The van der Waals surface area contributed by atoms with E-state index in [9.17, 15) is 14.5 Å². The highest BCUT2D eigenvalue weighted by atomic mass is 32.2. The van der Waals surface area contributed by atoms with E-state index in [0.29, 0.717) is 25.9 Å². The molecule has 1 spiro atoms. The van der Waals surface area contributed by atoms with Gasteiger partial charge in [0, 0.05) is 43.2 Å². The zero-order valence-electron chi connectivity index (χ0n) is 14.6. The van der Waals surface area contributed by atoms with Crippen molar-refractivity contribution in [3.8, 4) is 0 Å². The molecule has 3 rings (SSSR count). The molecule has 8 heteroatoms. The molecule has 0 aromatic carbocycles. The van der Waals surface area contributed by atoms with Gasteiger partial charge in [-0.15, -0.1) is 0 Å². The van der Waals surface area contributed by atoms with Crippen LogP contribution in [0.15, 0.2) is 10.6 Å². The van der Waals surface area contributed by atoms with Crippen molar-refractivity contribution >= 4 is 23.2 Å². The second-order valence-corrected chi connectivity index (χ2v) is 9.56. The molecule has 1 aromatic heterocycles. The molecule has 132 valence electrons. The maximum atomic E-state index is 12.6. The van der Waals surface area contributed by atoms with Gasteiger partial charge in [0.25, 0.3) is 0 Å². The van der Waals surface area contributed by atoms with Gasteiger partial charge in [0.1, 0.15) is 21.8 Å². The highest BCUT2D eigenvalue weighted by Gasteiger charge is 2.49. The second kappa shape index (κ2) is 5.77. The van der Waals surface area contributed by atoms with Gasteiger partial charge in [-0.05, 0) is 33.6 Å². The van der Waals surface area contributed by atoms with Crippen LogP contribution in [0.2, 0.25) is 0 Å². The van der Waals surface area contributed by atoms with E-state index in [1.54, 1.807) is 6.20 Å². The quantitative estimate of drug-likeness (QED) is 0.782. The Balaban J connectivity index is 1.98. The van der Waals surface area contributed by atoms with E-state index in [1.807, 2.05) is 32.5 Å². The van der Waals surface area contributed by atoms with Crippen molar-refractivity contribution in [1.29, 1.82) is 0 Å². The summed E-state index contributed by atoms with van der Waals surface area (Å²) in [5, 5.41) is 13.5. The number of carboxylic acid groups (broad SMARTS) is 1. The lowest BCUT2D eigenvalue weighted by molar-refractivity contribution is 0.114. The number of rotatable bonds is 1. The predicted molar refractivity (Wildman–Crippen MR) is 92.6 cm³/mol. The van der Waals surface area contributed by atoms with Gasteiger partial charge < -0.3 is 14.6 Å². The summed E-state index contributed by atoms with van der Waals surface area (Å²) in [5.74, 6) is 0. The third kappa shape index (κ3) is 2.82. The molecule has 1 atom stereocenters. The zero-order valence-corrected chi connectivity index (χ0v) is 15.4. The Kier molecular flexibility index (Phi) is 4.16. The van der Waals surface area contributed by atoms with Gasteiger partial charge in [0.15, 0.2) is 0 Å². The number of amides is 1. The first kappa shape index (κ1) is 17.3.